The lowest BCUT2D eigenvalue weighted by Gasteiger charge is -2.14. The first-order valence-corrected chi connectivity index (χ1v) is 10.6. The second-order valence-corrected chi connectivity index (χ2v) is 8.36. The van der Waals surface area contributed by atoms with Crippen LogP contribution in [0.4, 0.5) is 5.95 Å². The standard InChI is InChI=1S/C20H19BrN8O2/c1-10(11-2-4-13(21)5-3-11)23-18-26-16-12(8-15-17(30)27-20(31)25-15)9-22-29(16)19(28-18)24-14-6-7-14/h2-5,8-10,14,30H,6-7H2,1H3,(H,23,24,28)(H2,25,27,31)/b12-8+/t10-/m1/s1. The number of nitrogens with zero attached hydrogens (tertiary/aromatic N) is 5. The molecular weight excluding hydrogens is 464 g/mol. The van der Waals surface area contributed by atoms with Crippen LogP contribution in [0.1, 0.15) is 37.1 Å². The van der Waals surface area contributed by atoms with Crippen LogP contribution in [-0.4, -0.2) is 40.7 Å². The molecule has 0 radical (unpaired) electrons. The van der Waals surface area contributed by atoms with E-state index in [0.29, 0.717) is 22.4 Å². The minimum atomic E-state index is -0.495. The lowest BCUT2D eigenvalue weighted by atomic mass is 10.1. The second kappa shape index (κ2) is 7.65. The molecule has 0 bridgehead atoms. The van der Waals surface area contributed by atoms with Crippen LogP contribution in [-0.2, 0) is 0 Å². The molecule has 3 aromatic heterocycles. The van der Waals surface area contributed by atoms with Crippen LogP contribution in [0.3, 0.4) is 0 Å². The van der Waals surface area contributed by atoms with Gasteiger partial charge in [-0.25, -0.2) is 9.79 Å². The maximum Gasteiger partial charge on any atom is 0.326 e. The molecule has 1 aliphatic carbocycles. The van der Waals surface area contributed by atoms with E-state index in [1.165, 1.54) is 0 Å². The topological polar surface area (TPSA) is 136 Å². The van der Waals surface area contributed by atoms with Gasteiger partial charge in [0.2, 0.25) is 11.8 Å². The van der Waals surface area contributed by atoms with Gasteiger partial charge in [-0.15, -0.1) is 0 Å². The summed E-state index contributed by atoms with van der Waals surface area (Å²) in [5.41, 5.74) is 1.81. The number of benzene rings is 1. The van der Waals surface area contributed by atoms with Crippen molar-refractivity contribution in [3.05, 3.63) is 67.5 Å². The maximum absolute atomic E-state index is 11.5. The molecule has 1 atom stereocenters. The lowest BCUT2D eigenvalue weighted by molar-refractivity contribution is 0.454. The Morgan fingerprint density at radius 2 is 2.06 bits per heavy atom. The van der Waals surface area contributed by atoms with Gasteiger partial charge in [-0.3, -0.25) is 4.98 Å². The Labute approximate surface area is 183 Å². The van der Waals surface area contributed by atoms with Crippen LogP contribution in [0.15, 0.2) is 44.7 Å². The zero-order valence-corrected chi connectivity index (χ0v) is 18.1. The minimum absolute atomic E-state index is 0.0373. The Morgan fingerprint density at radius 3 is 2.74 bits per heavy atom. The van der Waals surface area contributed by atoms with Crippen LogP contribution in [0.5, 0.6) is 5.88 Å². The Balaban J connectivity index is 1.61. The van der Waals surface area contributed by atoms with Gasteiger partial charge in [0, 0.05) is 9.69 Å². The summed E-state index contributed by atoms with van der Waals surface area (Å²) in [5.74, 6) is 0.174. The Bertz CT molecular complexity index is 1430. The quantitative estimate of drug-likeness (QED) is 0.339. The van der Waals surface area contributed by atoms with Gasteiger partial charge in [-0.2, -0.15) is 19.6 Å². The number of imidazole rings is 1. The van der Waals surface area contributed by atoms with E-state index in [0.717, 1.165) is 22.9 Å². The molecule has 0 amide bonds. The van der Waals surface area contributed by atoms with Gasteiger partial charge in [-0.1, -0.05) is 28.1 Å². The van der Waals surface area contributed by atoms with Gasteiger partial charge in [-0.05, 0) is 43.5 Å². The third kappa shape index (κ3) is 4.08. The highest BCUT2D eigenvalue weighted by Crippen LogP contribution is 2.22. The average molecular weight is 483 g/mol. The van der Waals surface area contributed by atoms with Crippen molar-refractivity contribution in [2.24, 2.45) is 4.99 Å². The molecule has 3 heterocycles. The molecular formula is C20H19BrN8O2. The van der Waals surface area contributed by atoms with Gasteiger partial charge in [0.25, 0.3) is 5.62 Å². The van der Waals surface area contributed by atoms with Crippen molar-refractivity contribution in [1.29, 1.82) is 0 Å². The van der Waals surface area contributed by atoms with E-state index in [-0.39, 0.29) is 23.7 Å². The Kier molecular flexibility index (Phi) is 4.81. The monoisotopic (exact) mass is 482 g/mol. The molecule has 158 valence electrons. The molecule has 1 aliphatic rings. The summed E-state index contributed by atoms with van der Waals surface area (Å²) in [6.07, 6.45) is 5.26. The highest BCUT2D eigenvalue weighted by Gasteiger charge is 2.21. The molecule has 1 fully saturated rings. The van der Waals surface area contributed by atoms with Gasteiger partial charge < -0.3 is 15.4 Å². The first-order valence-electron chi connectivity index (χ1n) is 9.81. The lowest BCUT2D eigenvalue weighted by Crippen LogP contribution is -2.25. The number of nitrogens with one attached hydrogen (secondary N) is 3. The molecule has 0 saturated heterocycles. The Morgan fingerprint density at radius 1 is 1.29 bits per heavy atom. The van der Waals surface area contributed by atoms with Crippen molar-refractivity contribution in [3.8, 4) is 5.88 Å². The van der Waals surface area contributed by atoms with E-state index in [1.54, 1.807) is 16.8 Å². The molecule has 31 heavy (non-hydrogen) atoms. The summed E-state index contributed by atoms with van der Waals surface area (Å²) >= 11 is 3.45. The SMILES string of the molecule is C[C@@H](Nc1nc(=NC2CC2)n2nc/c(=C\c3[nH]c(=O)[nH]c3O)c2n1)c1ccc(Br)cc1. The fourth-order valence-electron chi connectivity index (χ4n) is 3.17. The first-order chi connectivity index (χ1) is 15.0. The number of hydrogen-bond donors (Lipinski definition) is 4. The number of aromatic nitrogens is 6. The number of aromatic amines is 2. The zero-order valence-electron chi connectivity index (χ0n) is 16.5. The fourth-order valence-corrected chi connectivity index (χ4v) is 3.44. The number of anilines is 1. The minimum Gasteiger partial charge on any atom is -0.493 e. The maximum atomic E-state index is 11.5. The van der Waals surface area contributed by atoms with E-state index in [2.05, 4.69) is 51.3 Å². The van der Waals surface area contributed by atoms with Crippen molar-refractivity contribution in [3.63, 3.8) is 0 Å². The second-order valence-electron chi connectivity index (χ2n) is 7.45. The summed E-state index contributed by atoms with van der Waals surface area (Å²) in [4.78, 5) is 30.2. The smallest absolute Gasteiger partial charge is 0.326 e. The average Bonchev–Trinajstić information content (AvgIpc) is 3.37. The number of rotatable bonds is 5. The fraction of sp³-hybridized carbons (Fsp3) is 0.250. The molecule has 1 saturated carbocycles. The number of aromatic hydroxyl groups is 1. The van der Waals surface area contributed by atoms with Crippen molar-refractivity contribution in [2.45, 2.75) is 31.8 Å². The van der Waals surface area contributed by atoms with Crippen molar-refractivity contribution >= 4 is 33.6 Å². The van der Waals surface area contributed by atoms with E-state index in [9.17, 15) is 9.90 Å². The van der Waals surface area contributed by atoms with Crippen LogP contribution in [0, 0.1) is 0 Å². The molecule has 1 aromatic carbocycles. The van der Waals surface area contributed by atoms with Gasteiger partial charge >= 0.3 is 5.69 Å². The third-order valence-electron chi connectivity index (χ3n) is 4.97. The number of H-pyrrole nitrogens is 2. The van der Waals surface area contributed by atoms with Gasteiger partial charge in [0.1, 0.15) is 5.69 Å². The van der Waals surface area contributed by atoms with E-state index in [1.807, 2.05) is 31.2 Å². The predicted molar refractivity (Wildman–Crippen MR) is 117 cm³/mol. The van der Waals surface area contributed by atoms with E-state index >= 15 is 0 Å². The highest BCUT2D eigenvalue weighted by molar-refractivity contribution is 9.10. The number of fused-ring (bicyclic) bond motifs is 1. The van der Waals surface area contributed by atoms with Crippen LogP contribution in [0.2, 0.25) is 0 Å². The number of hydrogen-bond acceptors (Lipinski definition) is 7. The molecule has 0 aliphatic heterocycles. The molecule has 4 aromatic rings. The normalized spacial score (nSPS) is 16.2. The number of halogens is 1. The third-order valence-corrected chi connectivity index (χ3v) is 5.50. The molecule has 4 N–H and O–H groups in total. The van der Waals surface area contributed by atoms with E-state index < -0.39 is 5.69 Å². The largest absolute Gasteiger partial charge is 0.493 e. The molecule has 0 spiro atoms. The Hall–Kier alpha value is -3.47. The van der Waals surface area contributed by atoms with Crippen molar-refractivity contribution in [2.75, 3.05) is 5.32 Å². The molecule has 10 nitrogen and oxygen atoms in total. The molecule has 0 unspecified atom stereocenters. The van der Waals surface area contributed by atoms with Crippen molar-refractivity contribution < 1.29 is 5.11 Å². The van der Waals surface area contributed by atoms with Crippen molar-refractivity contribution in [1.82, 2.24) is 29.5 Å². The molecule has 5 rings (SSSR count). The van der Waals surface area contributed by atoms with Crippen LogP contribution < -0.4 is 21.8 Å². The van der Waals surface area contributed by atoms with Crippen LogP contribution >= 0.6 is 15.9 Å². The summed E-state index contributed by atoms with van der Waals surface area (Å²) in [6.45, 7) is 2.03. The summed E-state index contributed by atoms with van der Waals surface area (Å²) in [5, 5.41) is 18.2. The van der Waals surface area contributed by atoms with Gasteiger partial charge in [0.15, 0.2) is 5.65 Å². The highest BCUT2D eigenvalue weighted by atomic mass is 79.9. The van der Waals surface area contributed by atoms with Crippen LogP contribution in [0.25, 0.3) is 11.7 Å². The summed E-state index contributed by atoms with van der Waals surface area (Å²) in [7, 11) is 0. The summed E-state index contributed by atoms with van der Waals surface area (Å²) < 4.78 is 2.58. The first kappa shape index (κ1) is 19.5. The van der Waals surface area contributed by atoms with E-state index in [4.69, 9.17) is 0 Å². The summed E-state index contributed by atoms with van der Waals surface area (Å²) in [6, 6.07) is 8.23. The predicted octanol–water partition coefficient (Wildman–Crippen LogP) is 1.39. The zero-order chi connectivity index (χ0) is 21.5. The van der Waals surface area contributed by atoms with Gasteiger partial charge in [0.05, 0.1) is 18.3 Å². The molecule has 11 heteroatoms.